The smallest absolute Gasteiger partial charge is 0.335 e. The minimum atomic E-state index is -0.990. The number of carboxylic acids is 1. The summed E-state index contributed by atoms with van der Waals surface area (Å²) in [4.78, 5) is 30.0. The molecule has 2 aromatic carbocycles. The summed E-state index contributed by atoms with van der Waals surface area (Å²) in [6.45, 7) is 3.92. The second-order valence-electron chi connectivity index (χ2n) is 6.46. The van der Waals surface area contributed by atoms with E-state index in [4.69, 9.17) is 9.84 Å². The zero-order chi connectivity index (χ0) is 20.3. The number of benzene rings is 2. The molecule has 0 radical (unpaired) electrons. The number of rotatable bonds is 5. The van der Waals surface area contributed by atoms with Gasteiger partial charge in [-0.05, 0) is 73.6 Å². The summed E-state index contributed by atoms with van der Waals surface area (Å²) in [6.07, 6.45) is 1.88. The number of carbonyl (C=O) groups excluding carboxylic acids is 1. The number of aromatic carboxylic acids is 1. The third-order valence-corrected chi connectivity index (χ3v) is 4.93. The zero-order valence-corrected chi connectivity index (χ0v) is 16.6. The largest absolute Gasteiger partial charge is 0.491 e. The molecule has 0 unspecified atom stereocenters. The van der Waals surface area contributed by atoms with Gasteiger partial charge in [-0.2, -0.15) is 0 Å². The molecule has 28 heavy (non-hydrogen) atoms. The van der Waals surface area contributed by atoms with E-state index in [1.807, 2.05) is 44.2 Å². The average molecular weight is 396 g/mol. The summed E-state index contributed by atoms with van der Waals surface area (Å²) in [5.41, 5.74) is 1.65. The number of hydrogen-bond donors (Lipinski definition) is 1. The first-order chi connectivity index (χ1) is 13.3. The SMILES string of the molecule is CC(C)Oc1cccc(/C=C2/SC(=Nc3ccc(C(=O)O)cc3)N(C)C2=O)c1. The predicted molar refractivity (Wildman–Crippen MR) is 111 cm³/mol. The number of carboxylic acid groups (broad SMARTS) is 1. The summed E-state index contributed by atoms with van der Waals surface area (Å²) in [5, 5.41) is 9.51. The molecule has 0 aliphatic carbocycles. The molecule has 144 valence electrons. The number of nitrogens with zero attached hydrogens (tertiary/aromatic N) is 2. The Morgan fingerprint density at radius 2 is 1.93 bits per heavy atom. The van der Waals surface area contributed by atoms with Crippen molar-refractivity contribution in [1.82, 2.24) is 4.90 Å². The molecule has 0 atom stereocenters. The number of amides is 1. The summed E-state index contributed by atoms with van der Waals surface area (Å²) in [6, 6.07) is 13.8. The fourth-order valence-electron chi connectivity index (χ4n) is 2.54. The van der Waals surface area contributed by atoms with Gasteiger partial charge in [-0.15, -0.1) is 0 Å². The van der Waals surface area contributed by atoms with Crippen molar-refractivity contribution < 1.29 is 19.4 Å². The third kappa shape index (κ3) is 4.61. The van der Waals surface area contributed by atoms with Crippen molar-refractivity contribution in [2.75, 3.05) is 7.05 Å². The molecule has 1 heterocycles. The molecular formula is C21H20N2O4S. The van der Waals surface area contributed by atoms with Crippen LogP contribution in [-0.2, 0) is 4.79 Å². The Morgan fingerprint density at radius 1 is 1.21 bits per heavy atom. The van der Waals surface area contributed by atoms with Crippen LogP contribution in [0.1, 0.15) is 29.8 Å². The van der Waals surface area contributed by atoms with Crippen LogP contribution >= 0.6 is 11.8 Å². The van der Waals surface area contributed by atoms with Gasteiger partial charge in [-0.25, -0.2) is 9.79 Å². The molecule has 1 aliphatic rings. The number of ether oxygens (including phenoxy) is 1. The summed E-state index contributed by atoms with van der Waals surface area (Å²) in [5.74, 6) is -0.378. The Bertz CT molecular complexity index is 965. The summed E-state index contributed by atoms with van der Waals surface area (Å²) in [7, 11) is 1.67. The van der Waals surface area contributed by atoms with Gasteiger partial charge in [0.05, 0.1) is 22.3 Å². The van der Waals surface area contributed by atoms with Crippen molar-refractivity contribution in [2.45, 2.75) is 20.0 Å². The molecular weight excluding hydrogens is 376 g/mol. The second kappa shape index (κ2) is 8.31. The number of carbonyl (C=O) groups is 2. The lowest BCUT2D eigenvalue weighted by molar-refractivity contribution is -0.121. The van der Waals surface area contributed by atoms with Crippen molar-refractivity contribution in [3.05, 3.63) is 64.6 Å². The van der Waals surface area contributed by atoms with E-state index < -0.39 is 5.97 Å². The fraction of sp³-hybridized carbons (Fsp3) is 0.190. The minimum absolute atomic E-state index is 0.0720. The van der Waals surface area contributed by atoms with E-state index in [0.29, 0.717) is 15.8 Å². The summed E-state index contributed by atoms with van der Waals surface area (Å²) < 4.78 is 5.70. The van der Waals surface area contributed by atoms with Gasteiger partial charge in [0.1, 0.15) is 5.75 Å². The normalized spacial score (nSPS) is 17.0. The lowest BCUT2D eigenvalue weighted by atomic mass is 10.2. The highest BCUT2D eigenvalue weighted by atomic mass is 32.2. The number of likely N-dealkylation sites (N-methyl/N-ethyl adjacent to an activating group) is 1. The van der Waals surface area contributed by atoms with Gasteiger partial charge in [0.25, 0.3) is 5.91 Å². The molecule has 1 aliphatic heterocycles. The second-order valence-corrected chi connectivity index (χ2v) is 7.47. The first kappa shape index (κ1) is 19.7. The molecule has 0 saturated carbocycles. The minimum Gasteiger partial charge on any atom is -0.491 e. The molecule has 1 fully saturated rings. The maximum Gasteiger partial charge on any atom is 0.335 e. The molecule has 3 rings (SSSR count). The Hall–Kier alpha value is -3.06. The van der Waals surface area contributed by atoms with Gasteiger partial charge in [0.15, 0.2) is 5.17 Å². The van der Waals surface area contributed by atoms with Gasteiger partial charge in [0, 0.05) is 7.05 Å². The number of amidine groups is 1. The maximum atomic E-state index is 12.6. The molecule has 1 amide bonds. The van der Waals surface area contributed by atoms with Crippen LogP contribution in [0.4, 0.5) is 5.69 Å². The van der Waals surface area contributed by atoms with E-state index in [9.17, 15) is 9.59 Å². The Labute approximate surface area is 167 Å². The fourth-order valence-corrected chi connectivity index (χ4v) is 3.53. The molecule has 0 aromatic heterocycles. The third-order valence-electron chi connectivity index (χ3n) is 3.87. The van der Waals surface area contributed by atoms with Gasteiger partial charge in [0.2, 0.25) is 0 Å². The topological polar surface area (TPSA) is 79.2 Å². The van der Waals surface area contributed by atoms with Gasteiger partial charge < -0.3 is 9.84 Å². The predicted octanol–water partition coefficient (Wildman–Crippen LogP) is 4.41. The van der Waals surface area contributed by atoms with Gasteiger partial charge in [-0.1, -0.05) is 12.1 Å². The Balaban J connectivity index is 1.83. The number of thioether (sulfide) groups is 1. The van der Waals surface area contributed by atoms with Crippen LogP contribution in [0.2, 0.25) is 0 Å². The van der Waals surface area contributed by atoms with E-state index in [-0.39, 0.29) is 17.6 Å². The first-order valence-electron chi connectivity index (χ1n) is 8.70. The quantitative estimate of drug-likeness (QED) is 0.758. The Kier molecular flexibility index (Phi) is 5.84. The molecule has 2 aromatic rings. The maximum absolute atomic E-state index is 12.6. The van der Waals surface area contributed by atoms with Crippen LogP contribution in [0, 0.1) is 0 Å². The molecule has 0 bridgehead atoms. The van der Waals surface area contributed by atoms with Gasteiger partial charge >= 0.3 is 5.97 Å². The van der Waals surface area contributed by atoms with Crippen molar-refractivity contribution in [2.24, 2.45) is 4.99 Å². The van der Waals surface area contributed by atoms with Crippen LogP contribution in [-0.4, -0.2) is 40.2 Å². The number of aliphatic imine (C=N–C) groups is 1. The van der Waals surface area contributed by atoms with Crippen LogP contribution in [0.25, 0.3) is 6.08 Å². The van der Waals surface area contributed by atoms with Gasteiger partial charge in [-0.3, -0.25) is 9.69 Å². The van der Waals surface area contributed by atoms with Crippen molar-refractivity contribution in [1.29, 1.82) is 0 Å². The number of hydrogen-bond acceptors (Lipinski definition) is 5. The van der Waals surface area contributed by atoms with E-state index in [2.05, 4.69) is 4.99 Å². The monoisotopic (exact) mass is 396 g/mol. The molecule has 0 spiro atoms. The summed E-state index contributed by atoms with van der Waals surface area (Å²) >= 11 is 1.28. The molecule has 6 nitrogen and oxygen atoms in total. The molecule has 7 heteroatoms. The van der Waals surface area contributed by atoms with Crippen LogP contribution in [0.3, 0.4) is 0 Å². The average Bonchev–Trinajstić information content (AvgIpc) is 2.90. The van der Waals surface area contributed by atoms with Crippen molar-refractivity contribution in [3.8, 4) is 5.75 Å². The first-order valence-corrected chi connectivity index (χ1v) is 9.51. The van der Waals surface area contributed by atoms with E-state index >= 15 is 0 Å². The van der Waals surface area contributed by atoms with E-state index in [0.717, 1.165) is 11.3 Å². The van der Waals surface area contributed by atoms with Crippen LogP contribution in [0.15, 0.2) is 58.4 Å². The lowest BCUT2D eigenvalue weighted by Gasteiger charge is -2.09. The highest BCUT2D eigenvalue weighted by molar-refractivity contribution is 8.18. The molecule has 1 saturated heterocycles. The van der Waals surface area contributed by atoms with Crippen LogP contribution in [0.5, 0.6) is 5.75 Å². The Morgan fingerprint density at radius 3 is 2.57 bits per heavy atom. The zero-order valence-electron chi connectivity index (χ0n) is 15.7. The highest BCUT2D eigenvalue weighted by Gasteiger charge is 2.30. The lowest BCUT2D eigenvalue weighted by Crippen LogP contribution is -2.23. The standard InChI is InChI=1S/C21H20N2O4S/c1-13(2)27-17-6-4-5-14(11-17)12-18-19(24)23(3)21(28-18)22-16-9-7-15(8-10-16)20(25)26/h4-13H,1-3H3,(H,25,26)/b18-12+,22-21?. The highest BCUT2D eigenvalue weighted by Crippen LogP contribution is 2.33. The van der Waals surface area contributed by atoms with Crippen molar-refractivity contribution in [3.63, 3.8) is 0 Å². The van der Waals surface area contributed by atoms with Crippen LogP contribution < -0.4 is 4.74 Å². The van der Waals surface area contributed by atoms with E-state index in [1.54, 1.807) is 19.2 Å². The van der Waals surface area contributed by atoms with E-state index in [1.165, 1.54) is 28.8 Å². The molecule has 1 N–H and O–H groups in total. The van der Waals surface area contributed by atoms with Crippen molar-refractivity contribution >= 4 is 40.6 Å².